The highest BCUT2D eigenvalue weighted by molar-refractivity contribution is 7.46. The van der Waals surface area contributed by atoms with Gasteiger partial charge >= 0.3 is 19.8 Å². The summed E-state index contributed by atoms with van der Waals surface area (Å²) in [6.07, 6.45) is 33.2. The van der Waals surface area contributed by atoms with Gasteiger partial charge in [0.1, 0.15) is 6.61 Å². The number of allylic oxidation sites excluding steroid dienone is 7. The van der Waals surface area contributed by atoms with Crippen molar-refractivity contribution in [3.05, 3.63) is 48.6 Å². The third-order valence-corrected chi connectivity index (χ3v) is 8.45. The van der Waals surface area contributed by atoms with Gasteiger partial charge in [0.2, 0.25) is 0 Å². The molecule has 0 rings (SSSR count). The number of carbonyl (C=O) groups is 2. The average molecular weight is 699 g/mol. The molecule has 0 aliphatic carbocycles. The Kier molecular flexibility index (Phi) is 30.8. The second kappa shape index (κ2) is 32.2. The zero-order chi connectivity index (χ0) is 35.7. The number of aliphatic hydroxyl groups excluding tert-OH is 1. The number of phosphoric ester groups is 1. The van der Waals surface area contributed by atoms with Gasteiger partial charge in [-0.2, -0.15) is 0 Å². The fraction of sp³-hybridized carbons (Fsp3) is 0.737. The number of unbranched alkanes of at least 4 members (excludes halogenated alkanes) is 9. The first-order valence-electron chi connectivity index (χ1n) is 18.4. The molecule has 0 bridgehead atoms. The van der Waals surface area contributed by atoms with Gasteiger partial charge in [-0.05, 0) is 50.9 Å². The lowest BCUT2D eigenvalue weighted by Gasteiger charge is -2.18. The third-order valence-electron chi connectivity index (χ3n) is 7.96. The Morgan fingerprint density at radius 1 is 0.688 bits per heavy atom. The Balaban J connectivity index is 4.13. The maximum Gasteiger partial charge on any atom is 0.469 e. The van der Waals surface area contributed by atoms with Gasteiger partial charge in [0.15, 0.2) is 6.10 Å². The molecule has 0 saturated heterocycles. The van der Waals surface area contributed by atoms with E-state index in [0.717, 1.165) is 63.7 Å². The van der Waals surface area contributed by atoms with Crippen LogP contribution in [0.4, 0.5) is 0 Å². The molecule has 10 heteroatoms. The molecule has 0 spiro atoms. The minimum absolute atomic E-state index is 0.174. The monoisotopic (exact) mass is 698 g/mol. The molecule has 0 radical (unpaired) electrons. The van der Waals surface area contributed by atoms with E-state index in [1.807, 2.05) is 24.3 Å². The van der Waals surface area contributed by atoms with E-state index in [-0.39, 0.29) is 25.6 Å². The molecule has 0 heterocycles. The summed E-state index contributed by atoms with van der Waals surface area (Å²) < 4.78 is 26.2. The Hall–Kier alpha value is -2.03. The molecule has 1 unspecified atom stereocenters. The highest BCUT2D eigenvalue weighted by Crippen LogP contribution is 2.36. The van der Waals surface area contributed by atoms with Crippen LogP contribution in [0, 0.1) is 5.92 Å². The Morgan fingerprint density at radius 3 is 1.85 bits per heavy atom. The first-order valence-corrected chi connectivity index (χ1v) is 19.9. The summed E-state index contributed by atoms with van der Waals surface area (Å²) in [6.45, 7) is 5.77. The average Bonchev–Trinajstić information content (AvgIpc) is 3.05. The molecule has 0 aromatic carbocycles. The molecule has 278 valence electrons. The summed E-state index contributed by atoms with van der Waals surface area (Å²) >= 11 is 0. The van der Waals surface area contributed by atoms with Gasteiger partial charge in [0, 0.05) is 12.8 Å². The van der Waals surface area contributed by atoms with Crippen LogP contribution in [0.1, 0.15) is 149 Å². The Bertz CT molecular complexity index is 954. The van der Waals surface area contributed by atoms with Gasteiger partial charge in [-0.25, -0.2) is 4.57 Å². The van der Waals surface area contributed by atoms with E-state index in [4.69, 9.17) is 19.3 Å². The van der Waals surface area contributed by atoms with E-state index in [1.54, 1.807) is 0 Å². The summed E-state index contributed by atoms with van der Waals surface area (Å²) in [4.78, 5) is 42.6. The molecule has 0 aliphatic rings. The predicted octanol–water partition coefficient (Wildman–Crippen LogP) is 9.61. The molecule has 48 heavy (non-hydrogen) atoms. The van der Waals surface area contributed by atoms with Crippen molar-refractivity contribution in [2.24, 2.45) is 5.92 Å². The zero-order valence-electron chi connectivity index (χ0n) is 30.1. The highest BCUT2D eigenvalue weighted by Gasteiger charge is 2.22. The van der Waals surface area contributed by atoms with Crippen molar-refractivity contribution >= 4 is 19.8 Å². The van der Waals surface area contributed by atoms with E-state index in [9.17, 15) is 19.3 Å². The van der Waals surface area contributed by atoms with Crippen LogP contribution in [0.3, 0.4) is 0 Å². The number of ether oxygens (including phenoxy) is 2. The van der Waals surface area contributed by atoms with Crippen molar-refractivity contribution in [1.29, 1.82) is 0 Å². The summed E-state index contributed by atoms with van der Waals surface area (Å²) in [5.41, 5.74) is 0. The predicted molar refractivity (Wildman–Crippen MR) is 194 cm³/mol. The summed E-state index contributed by atoms with van der Waals surface area (Å²) in [7, 11) is -4.77. The maximum atomic E-state index is 12.3. The van der Waals surface area contributed by atoms with Crippen LogP contribution in [-0.4, -0.2) is 52.3 Å². The molecule has 0 fully saturated rings. The SMILES string of the molecule is CCCC[C@H](O)/C=C\C/C=C\C/C=C\C/C=C\CCCC(=O)OC[C@H](COP(=O)(O)O)OC(=O)CCCCCCCCCCC(C)CC. The maximum absolute atomic E-state index is 12.3. The molecule has 0 aromatic rings. The minimum atomic E-state index is -4.77. The number of hydrogen-bond donors (Lipinski definition) is 3. The summed E-state index contributed by atoms with van der Waals surface area (Å²) in [5, 5.41) is 9.77. The first-order chi connectivity index (χ1) is 23.1. The van der Waals surface area contributed by atoms with Crippen LogP contribution in [0.5, 0.6) is 0 Å². The second-order valence-electron chi connectivity index (χ2n) is 12.6. The van der Waals surface area contributed by atoms with Gasteiger partial charge in [0.05, 0.1) is 12.7 Å². The largest absolute Gasteiger partial charge is 0.469 e. The van der Waals surface area contributed by atoms with Crippen LogP contribution >= 0.6 is 7.82 Å². The molecular formula is C38H67O9P. The van der Waals surface area contributed by atoms with Crippen LogP contribution in [0.25, 0.3) is 0 Å². The molecule has 0 amide bonds. The second-order valence-corrected chi connectivity index (χ2v) is 13.9. The van der Waals surface area contributed by atoms with Crippen LogP contribution in [0.15, 0.2) is 48.6 Å². The number of carbonyl (C=O) groups excluding carboxylic acids is 2. The number of esters is 2. The van der Waals surface area contributed by atoms with E-state index in [2.05, 4.69) is 49.6 Å². The summed E-state index contributed by atoms with van der Waals surface area (Å²) in [6, 6.07) is 0. The topological polar surface area (TPSA) is 140 Å². The van der Waals surface area contributed by atoms with E-state index in [0.29, 0.717) is 19.3 Å². The Labute approximate surface area is 291 Å². The van der Waals surface area contributed by atoms with Crippen LogP contribution in [-0.2, 0) is 28.2 Å². The fourth-order valence-corrected chi connectivity index (χ4v) is 5.13. The lowest BCUT2D eigenvalue weighted by atomic mass is 9.99. The normalized spacial score (nSPS) is 14.4. The van der Waals surface area contributed by atoms with Crippen LogP contribution < -0.4 is 0 Å². The molecule has 3 atom stereocenters. The quantitative estimate of drug-likeness (QED) is 0.0271. The fourth-order valence-electron chi connectivity index (χ4n) is 4.77. The zero-order valence-corrected chi connectivity index (χ0v) is 31.0. The lowest BCUT2D eigenvalue weighted by Crippen LogP contribution is -2.29. The number of hydrogen-bond acceptors (Lipinski definition) is 7. The van der Waals surface area contributed by atoms with Crippen molar-refractivity contribution < 1.29 is 43.0 Å². The molecule has 3 N–H and O–H groups in total. The highest BCUT2D eigenvalue weighted by atomic mass is 31.2. The lowest BCUT2D eigenvalue weighted by molar-refractivity contribution is -0.161. The minimum Gasteiger partial charge on any atom is -0.462 e. The van der Waals surface area contributed by atoms with Crippen molar-refractivity contribution in [2.75, 3.05) is 13.2 Å². The third kappa shape index (κ3) is 33.9. The van der Waals surface area contributed by atoms with Crippen molar-refractivity contribution in [3.63, 3.8) is 0 Å². The van der Waals surface area contributed by atoms with Crippen molar-refractivity contribution in [2.45, 2.75) is 161 Å². The summed E-state index contributed by atoms with van der Waals surface area (Å²) in [5.74, 6) is -0.166. The number of phosphoric acid groups is 1. The van der Waals surface area contributed by atoms with Gasteiger partial charge in [-0.15, -0.1) is 0 Å². The van der Waals surface area contributed by atoms with E-state index in [1.165, 1.54) is 38.5 Å². The van der Waals surface area contributed by atoms with Gasteiger partial charge < -0.3 is 24.4 Å². The molecular weight excluding hydrogens is 631 g/mol. The standard InChI is InChI=1S/C38H67O9P/c1-4-6-28-35(39)29-24-20-16-11-9-7-8-10-12-17-21-25-30-37(40)45-32-36(33-46-48(42,43)44)47-38(41)31-26-22-18-14-13-15-19-23-27-34(3)5-2/h7-8,11-12,16-17,24,29,34-36,39H,4-6,9-10,13-15,18-23,25-28,30-33H2,1-3H3,(H2,42,43,44)/b8-7-,16-11-,17-12-,29-24-/t34?,35-,36+/m0/s1. The van der Waals surface area contributed by atoms with Gasteiger partial charge in [-0.3, -0.25) is 14.1 Å². The van der Waals surface area contributed by atoms with E-state index < -0.39 is 32.5 Å². The van der Waals surface area contributed by atoms with Crippen LogP contribution in [0.2, 0.25) is 0 Å². The smallest absolute Gasteiger partial charge is 0.462 e. The van der Waals surface area contributed by atoms with Gasteiger partial charge in [-0.1, -0.05) is 140 Å². The van der Waals surface area contributed by atoms with Gasteiger partial charge in [0.25, 0.3) is 0 Å². The van der Waals surface area contributed by atoms with E-state index >= 15 is 0 Å². The van der Waals surface area contributed by atoms with Crippen molar-refractivity contribution in [1.82, 2.24) is 0 Å². The Morgan fingerprint density at radius 2 is 1.25 bits per heavy atom. The molecule has 9 nitrogen and oxygen atoms in total. The molecule has 0 aromatic heterocycles. The molecule has 0 saturated carbocycles. The first kappa shape index (κ1) is 46.0. The number of aliphatic hydroxyl groups is 1. The number of rotatable bonds is 32. The van der Waals surface area contributed by atoms with Crippen molar-refractivity contribution in [3.8, 4) is 0 Å². The molecule has 0 aliphatic heterocycles.